The van der Waals surface area contributed by atoms with Crippen molar-refractivity contribution in [3.8, 4) is 5.75 Å². The van der Waals surface area contributed by atoms with E-state index in [-0.39, 0.29) is 0 Å². The van der Waals surface area contributed by atoms with Gasteiger partial charge in [-0.3, -0.25) is 0 Å². The van der Waals surface area contributed by atoms with Crippen LogP contribution in [0.1, 0.15) is 44.6 Å². The lowest BCUT2D eigenvalue weighted by molar-refractivity contribution is 0.196. The Labute approximate surface area is 123 Å². The molecule has 0 radical (unpaired) electrons. The Hall–Kier alpha value is -1.02. The average Bonchev–Trinajstić information content (AvgIpc) is 2.44. The van der Waals surface area contributed by atoms with E-state index in [1.807, 2.05) is 6.07 Å². The molecular weight excluding hydrogens is 246 g/mol. The maximum Gasteiger partial charge on any atom is 0.119 e. The second-order valence-corrected chi connectivity index (χ2v) is 6.38. The second-order valence-electron chi connectivity index (χ2n) is 6.38. The van der Waals surface area contributed by atoms with Gasteiger partial charge in [-0.1, -0.05) is 31.9 Å². The molecule has 1 aliphatic carbocycles. The van der Waals surface area contributed by atoms with Gasteiger partial charge >= 0.3 is 0 Å². The van der Waals surface area contributed by atoms with E-state index in [4.69, 9.17) is 4.74 Å². The first-order chi connectivity index (χ1) is 9.69. The summed E-state index contributed by atoms with van der Waals surface area (Å²) in [5, 5.41) is 3.51. The molecule has 0 aromatic heterocycles. The normalized spacial score (nSPS) is 24.4. The Balaban J connectivity index is 1.78. The van der Waals surface area contributed by atoms with E-state index in [9.17, 15) is 0 Å². The molecule has 1 saturated carbocycles. The lowest BCUT2D eigenvalue weighted by Crippen LogP contribution is -2.37. The Morgan fingerprint density at radius 3 is 2.90 bits per heavy atom. The Kier molecular flexibility index (Phi) is 5.90. The van der Waals surface area contributed by atoms with Crippen molar-refractivity contribution in [2.75, 3.05) is 13.7 Å². The minimum absolute atomic E-state index is 0.600. The van der Waals surface area contributed by atoms with Gasteiger partial charge in [-0.25, -0.2) is 0 Å². The predicted octanol–water partition coefficient (Wildman–Crippen LogP) is 4.18. The molecular formula is C18H29NO. The molecule has 1 N–H and O–H groups in total. The van der Waals surface area contributed by atoms with Gasteiger partial charge in [0.15, 0.2) is 0 Å². The fourth-order valence-electron chi connectivity index (χ4n) is 3.47. The average molecular weight is 275 g/mol. The molecule has 3 unspecified atom stereocenters. The summed E-state index contributed by atoms with van der Waals surface area (Å²) in [6, 6.07) is 8.92. The Morgan fingerprint density at radius 1 is 1.35 bits per heavy atom. The summed E-state index contributed by atoms with van der Waals surface area (Å²) in [7, 11) is 2.09. The zero-order valence-electron chi connectivity index (χ0n) is 13.2. The quantitative estimate of drug-likeness (QED) is 0.841. The molecule has 2 heteroatoms. The van der Waals surface area contributed by atoms with Crippen molar-refractivity contribution in [2.24, 2.45) is 11.8 Å². The third-order valence-electron chi connectivity index (χ3n) is 4.60. The van der Waals surface area contributed by atoms with Crippen LogP contribution in [0.2, 0.25) is 0 Å². The van der Waals surface area contributed by atoms with Crippen LogP contribution < -0.4 is 10.1 Å². The van der Waals surface area contributed by atoms with E-state index >= 15 is 0 Å². The van der Waals surface area contributed by atoms with Crippen molar-refractivity contribution < 1.29 is 4.74 Å². The first-order valence-electron chi connectivity index (χ1n) is 8.05. The largest absolute Gasteiger partial charge is 0.494 e. The molecule has 0 saturated heterocycles. The maximum atomic E-state index is 5.90. The van der Waals surface area contributed by atoms with E-state index < -0.39 is 0 Å². The molecule has 20 heavy (non-hydrogen) atoms. The van der Waals surface area contributed by atoms with E-state index in [0.29, 0.717) is 6.04 Å². The van der Waals surface area contributed by atoms with Crippen molar-refractivity contribution in [3.63, 3.8) is 0 Å². The predicted molar refractivity (Wildman–Crippen MR) is 85.3 cm³/mol. The third kappa shape index (κ3) is 4.52. The molecule has 0 heterocycles. The summed E-state index contributed by atoms with van der Waals surface area (Å²) in [5.74, 6) is 2.71. The molecule has 1 fully saturated rings. The van der Waals surface area contributed by atoms with Crippen molar-refractivity contribution in [1.82, 2.24) is 5.32 Å². The fourth-order valence-corrected chi connectivity index (χ4v) is 3.47. The Morgan fingerprint density at radius 2 is 2.20 bits per heavy atom. The highest BCUT2D eigenvalue weighted by molar-refractivity contribution is 5.27. The van der Waals surface area contributed by atoms with E-state index in [2.05, 4.69) is 44.4 Å². The van der Waals surface area contributed by atoms with Crippen molar-refractivity contribution in [1.29, 1.82) is 0 Å². The lowest BCUT2D eigenvalue weighted by Gasteiger charge is -2.33. The summed E-state index contributed by atoms with van der Waals surface area (Å²) in [4.78, 5) is 0. The van der Waals surface area contributed by atoms with Crippen LogP contribution in [0.3, 0.4) is 0 Å². The highest BCUT2D eigenvalue weighted by Crippen LogP contribution is 2.31. The maximum absolute atomic E-state index is 5.90. The van der Waals surface area contributed by atoms with Gasteiger partial charge < -0.3 is 10.1 Å². The number of rotatable bonds is 6. The van der Waals surface area contributed by atoms with Gasteiger partial charge in [0, 0.05) is 6.04 Å². The molecule has 0 amide bonds. The number of benzene rings is 1. The highest BCUT2D eigenvalue weighted by atomic mass is 16.5. The van der Waals surface area contributed by atoms with E-state index in [1.165, 1.54) is 31.2 Å². The molecule has 1 aromatic rings. The second kappa shape index (κ2) is 7.68. The molecule has 2 nitrogen and oxygen atoms in total. The van der Waals surface area contributed by atoms with Gasteiger partial charge in [0.05, 0.1) is 6.61 Å². The molecule has 0 bridgehead atoms. The van der Waals surface area contributed by atoms with Crippen LogP contribution in [0, 0.1) is 18.8 Å². The number of hydrogen-bond donors (Lipinski definition) is 1. The van der Waals surface area contributed by atoms with Gasteiger partial charge in [-0.2, -0.15) is 0 Å². The Bertz CT molecular complexity index is 404. The minimum atomic E-state index is 0.600. The standard InChI is InChI=1S/C18H29NO/c1-14-6-4-8-16(12-14)18(19-3)10-11-20-17-9-5-7-15(2)13-17/h5,7,9,13-14,16,18-19H,4,6,8,10-12H2,1-3H3. The van der Waals surface area contributed by atoms with E-state index in [1.54, 1.807) is 0 Å². The summed E-state index contributed by atoms with van der Waals surface area (Å²) in [6.07, 6.45) is 6.65. The topological polar surface area (TPSA) is 21.3 Å². The van der Waals surface area contributed by atoms with Crippen molar-refractivity contribution in [2.45, 2.75) is 52.0 Å². The lowest BCUT2D eigenvalue weighted by atomic mass is 9.78. The summed E-state index contributed by atoms with van der Waals surface area (Å²) < 4.78 is 5.90. The summed E-state index contributed by atoms with van der Waals surface area (Å²) in [5.41, 5.74) is 1.26. The molecule has 1 aliphatic rings. The van der Waals surface area contributed by atoms with Crippen LogP contribution in [-0.2, 0) is 0 Å². The van der Waals surface area contributed by atoms with Crippen LogP contribution in [0.25, 0.3) is 0 Å². The number of ether oxygens (including phenoxy) is 1. The van der Waals surface area contributed by atoms with Crippen LogP contribution in [0.15, 0.2) is 24.3 Å². The number of hydrogen-bond acceptors (Lipinski definition) is 2. The molecule has 0 spiro atoms. The van der Waals surface area contributed by atoms with Crippen molar-refractivity contribution >= 4 is 0 Å². The van der Waals surface area contributed by atoms with Gasteiger partial charge in [-0.15, -0.1) is 0 Å². The monoisotopic (exact) mass is 275 g/mol. The zero-order chi connectivity index (χ0) is 14.4. The highest BCUT2D eigenvalue weighted by Gasteiger charge is 2.25. The SMILES string of the molecule is CNC(CCOc1cccc(C)c1)C1CCCC(C)C1. The first-order valence-corrected chi connectivity index (χ1v) is 8.05. The third-order valence-corrected chi connectivity index (χ3v) is 4.60. The molecule has 112 valence electrons. The van der Waals surface area contributed by atoms with Crippen molar-refractivity contribution in [3.05, 3.63) is 29.8 Å². The van der Waals surface area contributed by atoms with Crippen LogP contribution >= 0.6 is 0 Å². The van der Waals surface area contributed by atoms with Gasteiger partial charge in [-0.05, 0) is 62.8 Å². The number of aryl methyl sites for hydroxylation is 1. The van der Waals surface area contributed by atoms with Crippen LogP contribution in [0.5, 0.6) is 5.75 Å². The molecule has 1 aromatic carbocycles. The zero-order valence-corrected chi connectivity index (χ0v) is 13.2. The summed E-state index contributed by atoms with van der Waals surface area (Å²) in [6.45, 7) is 5.30. The minimum Gasteiger partial charge on any atom is -0.494 e. The van der Waals surface area contributed by atoms with Gasteiger partial charge in [0.25, 0.3) is 0 Å². The molecule has 0 aliphatic heterocycles. The van der Waals surface area contributed by atoms with Crippen LogP contribution in [-0.4, -0.2) is 19.7 Å². The number of nitrogens with one attached hydrogen (secondary N) is 1. The van der Waals surface area contributed by atoms with Gasteiger partial charge in [0.2, 0.25) is 0 Å². The first kappa shape index (κ1) is 15.4. The molecule has 2 rings (SSSR count). The molecule has 3 atom stereocenters. The summed E-state index contributed by atoms with van der Waals surface area (Å²) >= 11 is 0. The fraction of sp³-hybridized carbons (Fsp3) is 0.667. The van der Waals surface area contributed by atoms with Gasteiger partial charge in [0.1, 0.15) is 5.75 Å². The smallest absolute Gasteiger partial charge is 0.119 e. The van der Waals surface area contributed by atoms with Crippen LogP contribution in [0.4, 0.5) is 0 Å². The van der Waals surface area contributed by atoms with E-state index in [0.717, 1.165) is 30.6 Å².